The molecule has 260 valence electrons. The molecule has 2 N–H and O–H groups in total. The molecule has 48 heavy (non-hydrogen) atoms. The van der Waals surface area contributed by atoms with Crippen molar-refractivity contribution in [2.24, 2.45) is 5.92 Å². The van der Waals surface area contributed by atoms with Gasteiger partial charge in [-0.15, -0.1) is 0 Å². The molecule has 0 aliphatic carbocycles. The van der Waals surface area contributed by atoms with Crippen molar-refractivity contribution in [3.8, 4) is 11.1 Å². The summed E-state index contributed by atoms with van der Waals surface area (Å²) in [5, 5.41) is 12.3. The normalized spacial score (nSPS) is 15.8. The summed E-state index contributed by atoms with van der Waals surface area (Å²) in [4.78, 5) is 45.7. The van der Waals surface area contributed by atoms with Gasteiger partial charge in [-0.2, -0.15) is 4.98 Å². The Balaban J connectivity index is 1.77. The van der Waals surface area contributed by atoms with Crippen LogP contribution in [0.25, 0.3) is 11.1 Å². The van der Waals surface area contributed by atoms with Gasteiger partial charge >= 0.3 is 11.7 Å². The van der Waals surface area contributed by atoms with Crippen molar-refractivity contribution in [3.63, 3.8) is 0 Å². The second-order valence-corrected chi connectivity index (χ2v) is 13.9. The first-order chi connectivity index (χ1) is 22.4. The molecule has 3 aromatic rings. The Morgan fingerprint density at radius 1 is 1.06 bits per heavy atom. The number of halogens is 4. The molecule has 4 rings (SSSR count). The first-order valence-corrected chi connectivity index (χ1v) is 16.2. The molecule has 2 aromatic carbocycles. The highest BCUT2D eigenvalue weighted by Crippen LogP contribution is 2.37. The molecular weight excluding hydrogens is 628 g/mol. The predicted octanol–water partition coefficient (Wildman–Crippen LogP) is 6.57. The quantitative estimate of drug-likeness (QED) is 0.199. The predicted molar refractivity (Wildman–Crippen MR) is 175 cm³/mol. The lowest BCUT2D eigenvalue weighted by Gasteiger charge is -2.42. The molecular formula is C36H44F4N4O4. The average molecular weight is 673 g/mol. The Labute approximate surface area is 278 Å². The van der Waals surface area contributed by atoms with Crippen molar-refractivity contribution in [1.82, 2.24) is 19.8 Å². The molecule has 0 saturated carbocycles. The van der Waals surface area contributed by atoms with Crippen molar-refractivity contribution in [3.05, 3.63) is 86.3 Å². The van der Waals surface area contributed by atoms with E-state index < -0.39 is 64.8 Å². The number of amides is 1. The summed E-state index contributed by atoms with van der Waals surface area (Å²) in [6.07, 6.45) is 1.23. The minimum absolute atomic E-state index is 0.0722. The minimum Gasteiger partial charge on any atom is -0.481 e. The highest BCUT2D eigenvalue weighted by atomic mass is 19.1. The number of likely N-dealkylation sites (tertiary alicyclic amines) is 1. The summed E-state index contributed by atoms with van der Waals surface area (Å²) in [5.74, 6) is -5.55. The summed E-state index contributed by atoms with van der Waals surface area (Å²) in [6.45, 7) is 12.9. The molecule has 0 radical (unpaired) electrons. The number of carbonyl (C=O) groups is 2. The highest BCUT2D eigenvalue weighted by Gasteiger charge is 2.38. The van der Waals surface area contributed by atoms with Gasteiger partial charge in [-0.25, -0.2) is 22.4 Å². The Morgan fingerprint density at radius 3 is 2.29 bits per heavy atom. The first-order valence-electron chi connectivity index (χ1n) is 16.2. The second-order valence-electron chi connectivity index (χ2n) is 13.9. The molecule has 1 amide bonds. The van der Waals surface area contributed by atoms with Crippen molar-refractivity contribution in [1.29, 1.82) is 0 Å². The van der Waals surface area contributed by atoms with Gasteiger partial charge in [0, 0.05) is 42.5 Å². The van der Waals surface area contributed by atoms with Crippen LogP contribution in [0.5, 0.6) is 0 Å². The van der Waals surface area contributed by atoms with Gasteiger partial charge in [-0.1, -0.05) is 39.8 Å². The zero-order valence-corrected chi connectivity index (χ0v) is 28.5. The van der Waals surface area contributed by atoms with Crippen molar-refractivity contribution in [2.45, 2.75) is 91.4 Å². The van der Waals surface area contributed by atoms with E-state index in [4.69, 9.17) is 0 Å². The number of carboxylic acids is 1. The van der Waals surface area contributed by atoms with Crippen LogP contribution in [0.2, 0.25) is 0 Å². The van der Waals surface area contributed by atoms with E-state index in [1.54, 1.807) is 19.2 Å². The molecule has 2 heterocycles. The number of carbonyl (C=O) groups excluding carboxylic acids is 1. The zero-order valence-electron chi connectivity index (χ0n) is 28.5. The van der Waals surface area contributed by atoms with Crippen LogP contribution >= 0.6 is 0 Å². The number of aliphatic carboxylic acids is 1. The van der Waals surface area contributed by atoms with Gasteiger partial charge in [0.05, 0.1) is 18.2 Å². The largest absolute Gasteiger partial charge is 0.481 e. The summed E-state index contributed by atoms with van der Waals surface area (Å²) < 4.78 is 62.2. The zero-order chi connectivity index (χ0) is 35.7. The lowest BCUT2D eigenvalue weighted by Crippen LogP contribution is -2.57. The fourth-order valence-corrected chi connectivity index (χ4v) is 6.48. The fourth-order valence-electron chi connectivity index (χ4n) is 6.48. The lowest BCUT2D eigenvalue weighted by molar-refractivity contribution is -0.138. The number of hydrogen-bond acceptors (Lipinski definition) is 5. The molecule has 1 saturated heterocycles. The molecule has 1 fully saturated rings. The number of benzene rings is 2. The summed E-state index contributed by atoms with van der Waals surface area (Å²) >= 11 is 0. The number of aromatic nitrogens is 2. The van der Waals surface area contributed by atoms with E-state index in [9.17, 15) is 28.3 Å². The monoisotopic (exact) mass is 672 g/mol. The van der Waals surface area contributed by atoms with Gasteiger partial charge in [0.25, 0.3) is 0 Å². The summed E-state index contributed by atoms with van der Waals surface area (Å²) in [5.41, 5.74) is -1.51. The van der Waals surface area contributed by atoms with E-state index in [1.165, 1.54) is 24.5 Å². The molecule has 0 unspecified atom stereocenters. The molecule has 0 spiro atoms. The Hall–Kier alpha value is -4.06. The molecule has 2 atom stereocenters. The standard InChI is InChI=1S/C36H44F4N4O4/c1-19(2)13-27(44-16-23(33(20(3)4)42-35(44)48)11-12-43-17-36(7,40)18-43)34(47)41-26(15-28(45)46)30-31(38)22(6)14-24(32(30)39)29-21(5)9-8-10-25(29)37/h8-10,14,16,19-20,26-27H,11-13,15,17-18H2,1-7H3,(H,41,47)(H,45,46)/t26-,27-/m0/s1. The van der Waals surface area contributed by atoms with E-state index in [1.807, 2.05) is 32.6 Å². The van der Waals surface area contributed by atoms with Crippen LogP contribution in [-0.2, 0) is 16.0 Å². The van der Waals surface area contributed by atoms with Crippen LogP contribution in [0, 0.1) is 37.2 Å². The van der Waals surface area contributed by atoms with Crippen LogP contribution in [0.1, 0.15) is 93.4 Å². The van der Waals surface area contributed by atoms with E-state index in [0.717, 1.165) is 12.1 Å². The Kier molecular flexibility index (Phi) is 11.2. The number of nitrogens with zero attached hydrogens (tertiary/aromatic N) is 3. The molecule has 1 aromatic heterocycles. The molecule has 12 heteroatoms. The smallest absolute Gasteiger partial charge is 0.348 e. The van der Waals surface area contributed by atoms with E-state index in [2.05, 4.69) is 10.3 Å². The third-order valence-corrected chi connectivity index (χ3v) is 8.70. The number of rotatable bonds is 13. The summed E-state index contributed by atoms with van der Waals surface area (Å²) in [6, 6.07) is 2.40. The highest BCUT2D eigenvalue weighted by molar-refractivity contribution is 5.82. The van der Waals surface area contributed by atoms with Gasteiger partial charge in [0.2, 0.25) is 5.91 Å². The number of nitrogens with one attached hydrogen (secondary N) is 1. The topological polar surface area (TPSA) is 105 Å². The van der Waals surface area contributed by atoms with Gasteiger partial charge in [-0.05, 0) is 74.3 Å². The van der Waals surface area contributed by atoms with E-state index in [0.29, 0.717) is 29.8 Å². The van der Waals surface area contributed by atoms with E-state index in [-0.39, 0.29) is 48.0 Å². The van der Waals surface area contributed by atoms with Gasteiger partial charge in [0.1, 0.15) is 29.2 Å². The third-order valence-electron chi connectivity index (χ3n) is 8.70. The molecule has 8 nitrogen and oxygen atoms in total. The SMILES string of the molecule is Cc1cc(-c2c(C)cccc2F)c(F)c([C@H](CC(=O)O)NC(=O)[C@H](CC(C)C)n2cc(CCN3CC(C)(F)C3)c(C(C)C)nc2=O)c1F. The van der Waals surface area contributed by atoms with Gasteiger partial charge < -0.3 is 10.4 Å². The third kappa shape index (κ3) is 8.14. The number of alkyl halides is 1. The fraction of sp³-hybridized carbons (Fsp3) is 0.500. The molecule has 1 aliphatic rings. The summed E-state index contributed by atoms with van der Waals surface area (Å²) in [7, 11) is 0. The number of carboxylic acid groups (broad SMARTS) is 1. The number of hydrogen-bond donors (Lipinski definition) is 2. The van der Waals surface area contributed by atoms with Crippen LogP contribution in [0.15, 0.2) is 35.3 Å². The van der Waals surface area contributed by atoms with Crippen LogP contribution in [-0.4, -0.2) is 56.7 Å². The maximum atomic E-state index is 16.3. The van der Waals surface area contributed by atoms with Crippen LogP contribution < -0.4 is 11.0 Å². The van der Waals surface area contributed by atoms with Crippen molar-refractivity contribution >= 4 is 11.9 Å². The maximum Gasteiger partial charge on any atom is 0.348 e. The maximum absolute atomic E-state index is 16.3. The molecule has 1 aliphatic heterocycles. The number of aryl methyl sites for hydroxylation is 2. The first kappa shape index (κ1) is 36.8. The Morgan fingerprint density at radius 2 is 1.73 bits per heavy atom. The minimum atomic E-state index is -1.70. The average Bonchev–Trinajstić information content (AvgIpc) is 2.96. The Bertz CT molecular complexity index is 1730. The van der Waals surface area contributed by atoms with E-state index >= 15 is 8.78 Å². The van der Waals surface area contributed by atoms with Gasteiger partial charge in [0.15, 0.2) is 0 Å². The van der Waals surface area contributed by atoms with Crippen LogP contribution in [0.3, 0.4) is 0 Å². The lowest BCUT2D eigenvalue weighted by atomic mass is 9.91. The van der Waals surface area contributed by atoms with Crippen molar-refractivity contribution in [2.75, 3.05) is 19.6 Å². The second kappa shape index (κ2) is 14.6. The van der Waals surface area contributed by atoms with Crippen molar-refractivity contribution < 1.29 is 32.3 Å². The molecule has 0 bridgehead atoms. The van der Waals surface area contributed by atoms with Gasteiger partial charge in [-0.3, -0.25) is 19.1 Å². The van der Waals surface area contributed by atoms with Crippen LogP contribution in [0.4, 0.5) is 17.6 Å².